The van der Waals surface area contributed by atoms with Crippen molar-refractivity contribution in [1.82, 2.24) is 4.90 Å². The lowest BCUT2D eigenvalue weighted by Crippen LogP contribution is -2.44. The number of alkyl halides is 4. The first kappa shape index (κ1) is 12.7. The average molecular weight is 229 g/mol. The molecule has 2 nitrogen and oxygen atoms in total. The highest BCUT2D eigenvalue weighted by Gasteiger charge is 2.32. The van der Waals surface area contributed by atoms with Gasteiger partial charge in [0, 0.05) is 13.1 Å². The molecule has 1 saturated heterocycles. The zero-order valence-electron chi connectivity index (χ0n) is 8.25. The Morgan fingerprint density at radius 1 is 1.13 bits per heavy atom. The minimum atomic E-state index is -3.01. The van der Waals surface area contributed by atoms with Gasteiger partial charge in [-0.15, -0.1) is 0 Å². The molecule has 0 aromatic carbocycles. The summed E-state index contributed by atoms with van der Waals surface area (Å²) in [7, 11) is 0. The van der Waals surface area contributed by atoms with Crippen molar-refractivity contribution in [3.63, 3.8) is 0 Å². The van der Waals surface area contributed by atoms with Crippen LogP contribution in [-0.4, -0.2) is 48.6 Å². The standard InChI is InChI=1S/C9H15F4NO/c10-7(5-15)6-1-3-14(4-2-6)9(13)8(11)12/h6-9,15H,1-5H2. The van der Waals surface area contributed by atoms with Crippen LogP contribution in [0.5, 0.6) is 0 Å². The van der Waals surface area contributed by atoms with Crippen LogP contribution in [0.1, 0.15) is 12.8 Å². The Hall–Kier alpha value is -0.360. The summed E-state index contributed by atoms with van der Waals surface area (Å²) in [6, 6.07) is 0. The van der Waals surface area contributed by atoms with E-state index >= 15 is 0 Å². The summed E-state index contributed by atoms with van der Waals surface area (Å²) in [5.41, 5.74) is 0. The smallest absolute Gasteiger partial charge is 0.282 e. The van der Waals surface area contributed by atoms with Crippen molar-refractivity contribution < 1.29 is 22.7 Å². The largest absolute Gasteiger partial charge is 0.393 e. The summed E-state index contributed by atoms with van der Waals surface area (Å²) in [6.45, 7) is -0.314. The molecule has 1 fully saturated rings. The van der Waals surface area contributed by atoms with Crippen molar-refractivity contribution in [2.45, 2.75) is 31.7 Å². The van der Waals surface area contributed by atoms with Crippen LogP contribution in [0.15, 0.2) is 0 Å². The molecular formula is C9H15F4NO. The van der Waals surface area contributed by atoms with Crippen molar-refractivity contribution in [2.75, 3.05) is 19.7 Å². The minimum Gasteiger partial charge on any atom is -0.393 e. The highest BCUT2D eigenvalue weighted by Crippen LogP contribution is 2.25. The molecule has 0 bridgehead atoms. The van der Waals surface area contributed by atoms with Crippen molar-refractivity contribution in [3.05, 3.63) is 0 Å². The van der Waals surface area contributed by atoms with Gasteiger partial charge in [-0.1, -0.05) is 0 Å². The van der Waals surface area contributed by atoms with Gasteiger partial charge in [0.05, 0.1) is 6.61 Å². The lowest BCUT2D eigenvalue weighted by atomic mass is 9.92. The second-order valence-electron chi connectivity index (χ2n) is 3.78. The van der Waals surface area contributed by atoms with E-state index in [1.54, 1.807) is 0 Å². The van der Waals surface area contributed by atoms with Crippen LogP contribution >= 0.6 is 0 Å². The molecule has 1 aliphatic rings. The summed E-state index contributed by atoms with van der Waals surface area (Å²) in [5, 5.41) is 8.57. The van der Waals surface area contributed by atoms with Crippen LogP contribution in [0.25, 0.3) is 0 Å². The Kier molecular flexibility index (Phi) is 4.79. The summed E-state index contributed by atoms with van der Waals surface area (Å²) in [6.07, 6.45) is -5.96. The molecule has 1 rings (SSSR count). The maximum atomic E-state index is 13.0. The van der Waals surface area contributed by atoms with E-state index in [4.69, 9.17) is 5.11 Å². The van der Waals surface area contributed by atoms with E-state index in [0.29, 0.717) is 12.8 Å². The molecule has 0 amide bonds. The van der Waals surface area contributed by atoms with Crippen molar-refractivity contribution in [1.29, 1.82) is 0 Å². The Labute approximate surface area is 85.9 Å². The zero-order valence-corrected chi connectivity index (χ0v) is 8.25. The van der Waals surface area contributed by atoms with Crippen molar-refractivity contribution in [2.24, 2.45) is 5.92 Å². The first-order valence-corrected chi connectivity index (χ1v) is 4.97. The predicted octanol–water partition coefficient (Wildman–Crippen LogP) is 1.59. The first-order chi connectivity index (χ1) is 7.06. The third-order valence-electron chi connectivity index (χ3n) is 2.82. The summed E-state index contributed by atoms with van der Waals surface area (Å²) >= 11 is 0. The topological polar surface area (TPSA) is 23.5 Å². The number of piperidine rings is 1. The molecule has 0 aromatic heterocycles. The quantitative estimate of drug-likeness (QED) is 0.584. The molecule has 2 unspecified atom stereocenters. The number of nitrogens with zero attached hydrogens (tertiary/aromatic N) is 1. The number of halogens is 4. The van der Waals surface area contributed by atoms with Gasteiger partial charge < -0.3 is 5.11 Å². The van der Waals surface area contributed by atoms with Gasteiger partial charge in [0.15, 0.2) is 0 Å². The van der Waals surface area contributed by atoms with Gasteiger partial charge in [-0.25, -0.2) is 17.6 Å². The van der Waals surface area contributed by atoms with E-state index in [1.807, 2.05) is 0 Å². The van der Waals surface area contributed by atoms with Gasteiger partial charge in [0.1, 0.15) is 6.17 Å². The number of likely N-dealkylation sites (tertiary alicyclic amines) is 1. The molecule has 15 heavy (non-hydrogen) atoms. The molecule has 0 aliphatic carbocycles. The van der Waals surface area contributed by atoms with E-state index < -0.39 is 25.5 Å². The van der Waals surface area contributed by atoms with Crippen LogP contribution in [-0.2, 0) is 0 Å². The fourth-order valence-electron chi connectivity index (χ4n) is 1.84. The molecule has 1 N–H and O–H groups in total. The van der Waals surface area contributed by atoms with Crippen LogP contribution in [0.2, 0.25) is 0 Å². The van der Waals surface area contributed by atoms with E-state index in [9.17, 15) is 17.6 Å². The fourth-order valence-corrected chi connectivity index (χ4v) is 1.84. The number of aliphatic hydroxyl groups excluding tert-OH is 1. The van der Waals surface area contributed by atoms with Gasteiger partial charge in [0.2, 0.25) is 6.30 Å². The normalized spacial score (nSPS) is 24.4. The van der Waals surface area contributed by atoms with Gasteiger partial charge in [-0.05, 0) is 18.8 Å². The molecule has 0 aromatic rings. The van der Waals surface area contributed by atoms with Crippen LogP contribution in [0, 0.1) is 5.92 Å². The third-order valence-corrected chi connectivity index (χ3v) is 2.82. The second kappa shape index (κ2) is 5.65. The van der Waals surface area contributed by atoms with Gasteiger partial charge in [-0.3, -0.25) is 4.90 Å². The summed E-state index contributed by atoms with van der Waals surface area (Å²) in [4.78, 5) is 1.02. The lowest BCUT2D eigenvalue weighted by molar-refractivity contribution is -0.0664. The predicted molar refractivity (Wildman–Crippen MR) is 47.2 cm³/mol. The van der Waals surface area contributed by atoms with Crippen molar-refractivity contribution in [3.8, 4) is 0 Å². The number of hydrogen-bond acceptors (Lipinski definition) is 2. The number of hydrogen-bond donors (Lipinski definition) is 1. The van der Waals surface area contributed by atoms with Crippen LogP contribution < -0.4 is 0 Å². The average Bonchev–Trinajstić information content (AvgIpc) is 2.27. The van der Waals surface area contributed by atoms with E-state index in [-0.39, 0.29) is 19.0 Å². The van der Waals surface area contributed by atoms with Crippen molar-refractivity contribution >= 4 is 0 Å². The SMILES string of the molecule is OCC(F)C1CCN(C(F)C(F)F)CC1. The molecular weight excluding hydrogens is 214 g/mol. The zero-order chi connectivity index (χ0) is 11.4. The highest BCUT2D eigenvalue weighted by atomic mass is 19.3. The molecule has 1 aliphatic heterocycles. The Morgan fingerprint density at radius 3 is 2.07 bits per heavy atom. The number of rotatable bonds is 4. The minimum absolute atomic E-state index is 0.122. The van der Waals surface area contributed by atoms with Gasteiger partial charge in [0.25, 0.3) is 6.43 Å². The molecule has 1 heterocycles. The molecule has 0 saturated carbocycles. The molecule has 6 heteroatoms. The first-order valence-electron chi connectivity index (χ1n) is 4.97. The van der Waals surface area contributed by atoms with Gasteiger partial charge in [-0.2, -0.15) is 0 Å². The monoisotopic (exact) mass is 229 g/mol. The van der Waals surface area contributed by atoms with E-state index in [1.165, 1.54) is 0 Å². The van der Waals surface area contributed by atoms with E-state index in [2.05, 4.69) is 0 Å². The highest BCUT2D eigenvalue weighted by molar-refractivity contribution is 4.79. The fraction of sp³-hybridized carbons (Fsp3) is 1.00. The Morgan fingerprint density at radius 2 is 1.67 bits per heavy atom. The maximum Gasteiger partial charge on any atom is 0.282 e. The summed E-state index contributed by atoms with van der Waals surface area (Å²) < 4.78 is 49.9. The Balaban J connectivity index is 2.35. The lowest BCUT2D eigenvalue weighted by Gasteiger charge is -2.34. The molecule has 2 atom stereocenters. The molecule has 0 spiro atoms. The molecule has 0 radical (unpaired) electrons. The van der Waals surface area contributed by atoms with Gasteiger partial charge >= 0.3 is 0 Å². The molecule has 90 valence electrons. The summed E-state index contributed by atoms with van der Waals surface area (Å²) in [5.74, 6) is -0.337. The maximum absolute atomic E-state index is 13.0. The van der Waals surface area contributed by atoms with E-state index in [0.717, 1.165) is 4.90 Å². The third kappa shape index (κ3) is 3.31. The Bertz CT molecular complexity index is 185. The van der Waals surface area contributed by atoms with Crippen LogP contribution in [0.3, 0.4) is 0 Å². The number of aliphatic hydroxyl groups is 1. The second-order valence-corrected chi connectivity index (χ2v) is 3.78. The van der Waals surface area contributed by atoms with Crippen LogP contribution in [0.4, 0.5) is 17.6 Å².